The van der Waals surface area contributed by atoms with Gasteiger partial charge in [-0.3, -0.25) is 9.59 Å². The fraction of sp³-hybridized carbons (Fsp3) is 0.556. The number of methoxy groups -OCH3 is 1. The maximum absolute atomic E-state index is 12.3. The lowest BCUT2D eigenvalue weighted by Crippen LogP contribution is -2.38. The van der Waals surface area contributed by atoms with Gasteiger partial charge in [-0.25, -0.2) is 0 Å². The van der Waals surface area contributed by atoms with Crippen LogP contribution in [0.25, 0.3) is 0 Å². The monoisotopic (exact) mass is 331 g/mol. The first-order valence-corrected chi connectivity index (χ1v) is 8.51. The van der Waals surface area contributed by atoms with E-state index >= 15 is 0 Å². The second kappa shape index (κ2) is 7.21. The molecule has 2 amide bonds. The number of carbonyl (C=O) groups is 2. The van der Waals surface area contributed by atoms with E-state index in [1.165, 1.54) is 12.8 Å². The van der Waals surface area contributed by atoms with Gasteiger partial charge in [0.2, 0.25) is 11.8 Å². The first-order chi connectivity index (χ1) is 11.6. The van der Waals surface area contributed by atoms with E-state index in [1.807, 2.05) is 24.3 Å². The zero-order chi connectivity index (χ0) is 17.1. The van der Waals surface area contributed by atoms with Crippen molar-refractivity contribution in [3.63, 3.8) is 0 Å². The van der Waals surface area contributed by atoms with Crippen LogP contribution in [0.2, 0.25) is 0 Å². The number of nitrogens with one attached hydrogen (secondary N) is 1. The van der Waals surface area contributed by atoms with Crippen LogP contribution >= 0.6 is 0 Å². The summed E-state index contributed by atoms with van der Waals surface area (Å²) in [6.45, 7) is 1.92. The van der Waals surface area contributed by atoms with Crippen LogP contribution in [0, 0.1) is 5.92 Å². The highest BCUT2D eigenvalue weighted by Gasteiger charge is 2.35. The molecule has 2 fully saturated rings. The van der Waals surface area contributed by atoms with Crippen molar-refractivity contribution in [3.05, 3.63) is 24.3 Å². The van der Waals surface area contributed by atoms with Crippen molar-refractivity contribution < 1.29 is 14.3 Å². The van der Waals surface area contributed by atoms with E-state index in [0.717, 1.165) is 12.2 Å². The largest absolute Gasteiger partial charge is 0.497 e. The minimum atomic E-state index is -0.282. The number of nitrogens with zero attached hydrogens (tertiary/aromatic N) is 2. The molecule has 2 aliphatic rings. The number of hydrogen-bond acceptors (Lipinski definition) is 4. The molecule has 6 heteroatoms. The van der Waals surface area contributed by atoms with E-state index in [-0.39, 0.29) is 24.2 Å². The summed E-state index contributed by atoms with van der Waals surface area (Å²) < 4.78 is 5.20. The predicted molar refractivity (Wildman–Crippen MR) is 92.1 cm³/mol. The third-order valence-corrected chi connectivity index (χ3v) is 4.79. The molecule has 0 bridgehead atoms. The maximum Gasteiger partial charge on any atom is 0.227 e. The molecule has 1 saturated carbocycles. The molecule has 3 rings (SSSR count). The Hall–Kier alpha value is -2.08. The van der Waals surface area contributed by atoms with Crippen molar-refractivity contribution >= 4 is 17.5 Å². The van der Waals surface area contributed by atoms with Crippen molar-refractivity contribution in [3.8, 4) is 5.75 Å². The number of likely N-dealkylation sites (N-methyl/N-ethyl adjacent to an activating group) is 1. The minimum absolute atomic E-state index is 0.0153. The maximum atomic E-state index is 12.3. The van der Waals surface area contributed by atoms with Crippen LogP contribution in [0.3, 0.4) is 0 Å². The molecule has 6 nitrogen and oxygen atoms in total. The van der Waals surface area contributed by atoms with E-state index in [9.17, 15) is 9.59 Å². The molecule has 0 aromatic heterocycles. The van der Waals surface area contributed by atoms with Crippen LogP contribution in [-0.4, -0.2) is 56.5 Å². The summed E-state index contributed by atoms with van der Waals surface area (Å²) in [5, 5.41) is 2.97. The Morgan fingerprint density at radius 2 is 2.21 bits per heavy atom. The summed E-state index contributed by atoms with van der Waals surface area (Å²) in [6, 6.07) is 8.07. The van der Waals surface area contributed by atoms with Gasteiger partial charge >= 0.3 is 0 Å². The molecule has 1 saturated heterocycles. The highest BCUT2D eigenvalue weighted by Crippen LogP contribution is 2.28. The number of carbonyl (C=O) groups excluding carboxylic acids is 2. The van der Waals surface area contributed by atoms with E-state index in [0.29, 0.717) is 24.9 Å². The molecule has 1 N–H and O–H groups in total. The average Bonchev–Trinajstić information content (AvgIpc) is 3.37. The topological polar surface area (TPSA) is 61.9 Å². The van der Waals surface area contributed by atoms with Crippen LogP contribution in [0.4, 0.5) is 5.69 Å². The van der Waals surface area contributed by atoms with E-state index in [2.05, 4.69) is 17.3 Å². The molecule has 1 aliphatic heterocycles. The first kappa shape index (κ1) is 16.8. The van der Waals surface area contributed by atoms with Crippen LogP contribution in [0.1, 0.15) is 19.3 Å². The molecule has 0 unspecified atom stereocenters. The second-order valence-electron chi connectivity index (χ2n) is 6.61. The molecule has 0 spiro atoms. The molecule has 0 radical (unpaired) electrons. The number of rotatable bonds is 7. The van der Waals surface area contributed by atoms with Crippen molar-refractivity contribution in [2.24, 2.45) is 5.92 Å². The quantitative estimate of drug-likeness (QED) is 0.817. The molecule has 24 heavy (non-hydrogen) atoms. The summed E-state index contributed by atoms with van der Waals surface area (Å²) in [5.74, 6) is 0.377. The van der Waals surface area contributed by atoms with Gasteiger partial charge in [-0.05, 0) is 32.0 Å². The van der Waals surface area contributed by atoms with Gasteiger partial charge in [-0.2, -0.15) is 0 Å². The second-order valence-corrected chi connectivity index (χ2v) is 6.61. The fourth-order valence-electron chi connectivity index (χ4n) is 3.11. The van der Waals surface area contributed by atoms with Gasteiger partial charge in [-0.1, -0.05) is 6.07 Å². The normalized spacial score (nSPS) is 20.5. The van der Waals surface area contributed by atoms with E-state index in [4.69, 9.17) is 4.74 Å². The lowest BCUT2D eigenvalue weighted by molar-refractivity contribution is -0.126. The molecule has 1 heterocycles. The number of amides is 2. The van der Waals surface area contributed by atoms with Gasteiger partial charge < -0.3 is 19.9 Å². The van der Waals surface area contributed by atoms with Crippen molar-refractivity contribution in [2.45, 2.75) is 25.3 Å². The lowest BCUT2D eigenvalue weighted by Gasteiger charge is -2.18. The summed E-state index contributed by atoms with van der Waals surface area (Å²) in [4.78, 5) is 28.5. The van der Waals surface area contributed by atoms with Crippen LogP contribution < -0.4 is 15.0 Å². The lowest BCUT2D eigenvalue weighted by atomic mass is 10.1. The summed E-state index contributed by atoms with van der Waals surface area (Å²) in [7, 11) is 3.69. The molecule has 1 atom stereocenters. The van der Waals surface area contributed by atoms with Gasteiger partial charge in [0.25, 0.3) is 0 Å². The smallest absolute Gasteiger partial charge is 0.227 e. The van der Waals surface area contributed by atoms with Gasteiger partial charge in [0.05, 0.1) is 13.0 Å². The Morgan fingerprint density at radius 3 is 2.92 bits per heavy atom. The SMILES string of the molecule is COc1cccc(N2C[C@H](C(=O)NCCN(C)C3CC3)CC2=O)c1. The number of hydrogen-bond donors (Lipinski definition) is 1. The highest BCUT2D eigenvalue weighted by molar-refractivity contribution is 6.00. The van der Waals surface area contributed by atoms with Crippen molar-refractivity contribution in [1.82, 2.24) is 10.2 Å². The molecule has 1 aromatic carbocycles. The minimum Gasteiger partial charge on any atom is -0.497 e. The number of anilines is 1. The zero-order valence-corrected chi connectivity index (χ0v) is 14.3. The van der Waals surface area contributed by atoms with Crippen molar-refractivity contribution in [1.29, 1.82) is 0 Å². The average molecular weight is 331 g/mol. The summed E-state index contributed by atoms with van der Waals surface area (Å²) in [5.41, 5.74) is 0.781. The Morgan fingerprint density at radius 1 is 1.42 bits per heavy atom. The van der Waals surface area contributed by atoms with E-state index < -0.39 is 0 Å². The molecular weight excluding hydrogens is 306 g/mol. The fourth-order valence-corrected chi connectivity index (χ4v) is 3.11. The van der Waals surface area contributed by atoms with E-state index in [1.54, 1.807) is 12.0 Å². The standard InChI is InChI=1S/C18H25N3O3/c1-20(14-6-7-14)9-8-19-18(23)13-10-17(22)21(12-13)15-4-3-5-16(11-15)24-2/h3-5,11,13-14H,6-10,12H2,1-2H3,(H,19,23)/t13-/m1/s1. The van der Waals surface area contributed by atoms with Crippen LogP contribution in [0.5, 0.6) is 5.75 Å². The zero-order valence-electron chi connectivity index (χ0n) is 14.3. The third-order valence-electron chi connectivity index (χ3n) is 4.79. The third kappa shape index (κ3) is 3.87. The first-order valence-electron chi connectivity index (χ1n) is 8.51. The summed E-state index contributed by atoms with van der Waals surface area (Å²) >= 11 is 0. The van der Waals surface area contributed by atoms with Gasteiger partial charge in [0.15, 0.2) is 0 Å². The highest BCUT2D eigenvalue weighted by atomic mass is 16.5. The summed E-state index contributed by atoms with van der Waals surface area (Å²) in [6.07, 6.45) is 2.79. The van der Waals surface area contributed by atoms with Crippen LogP contribution in [0.15, 0.2) is 24.3 Å². The van der Waals surface area contributed by atoms with Gasteiger partial charge in [0, 0.05) is 43.9 Å². The van der Waals surface area contributed by atoms with Crippen molar-refractivity contribution in [2.75, 3.05) is 38.7 Å². The molecular formula is C18H25N3O3. The predicted octanol–water partition coefficient (Wildman–Crippen LogP) is 1.26. The molecule has 130 valence electrons. The molecule has 1 aliphatic carbocycles. The number of benzene rings is 1. The Kier molecular flexibility index (Phi) is 5.04. The Labute approximate surface area is 142 Å². The van der Waals surface area contributed by atoms with Gasteiger partial charge in [0.1, 0.15) is 5.75 Å². The number of ether oxygens (including phenoxy) is 1. The van der Waals surface area contributed by atoms with Gasteiger partial charge in [-0.15, -0.1) is 0 Å². The Balaban J connectivity index is 1.52. The Bertz CT molecular complexity index is 615. The molecule has 1 aromatic rings. The van der Waals surface area contributed by atoms with Crippen LogP contribution in [-0.2, 0) is 9.59 Å².